The molecule has 0 amide bonds. The van der Waals surface area contributed by atoms with Crippen LogP contribution in [0, 0.1) is 6.92 Å². The number of hydrogen-bond acceptors (Lipinski definition) is 3. The summed E-state index contributed by atoms with van der Waals surface area (Å²) in [6.07, 6.45) is 4.05. The topological polar surface area (TPSA) is 42.7 Å². The minimum Gasteiger partial charge on any atom is -0.307 e. The van der Waals surface area contributed by atoms with Crippen LogP contribution in [-0.4, -0.2) is 21.3 Å². The summed E-state index contributed by atoms with van der Waals surface area (Å²) in [5.74, 6) is 0.970. The van der Waals surface area contributed by atoms with Crippen molar-refractivity contribution in [2.75, 3.05) is 6.54 Å². The van der Waals surface area contributed by atoms with Gasteiger partial charge in [-0.05, 0) is 44.0 Å². The van der Waals surface area contributed by atoms with Crippen LogP contribution in [0.2, 0.25) is 5.02 Å². The van der Waals surface area contributed by atoms with Crippen molar-refractivity contribution in [2.24, 2.45) is 0 Å². The Bertz CT molecular complexity index is 558. The van der Waals surface area contributed by atoms with E-state index in [9.17, 15) is 0 Å². The molecule has 3 rings (SSSR count). The third-order valence-corrected chi connectivity index (χ3v) is 3.85. The molecule has 0 spiro atoms. The Kier molecular flexibility index (Phi) is 3.06. The number of rotatable bonds is 2. The van der Waals surface area contributed by atoms with Gasteiger partial charge < -0.3 is 5.32 Å². The molecule has 2 aromatic rings. The molecule has 18 heavy (non-hydrogen) atoms. The van der Waals surface area contributed by atoms with Crippen LogP contribution in [0.15, 0.2) is 24.5 Å². The van der Waals surface area contributed by atoms with E-state index >= 15 is 0 Å². The fourth-order valence-corrected chi connectivity index (χ4v) is 2.60. The molecule has 0 saturated carbocycles. The number of aromatic nitrogens is 3. The van der Waals surface area contributed by atoms with Crippen molar-refractivity contribution in [1.82, 2.24) is 20.1 Å². The molecule has 1 fully saturated rings. The minimum atomic E-state index is 0.297. The summed E-state index contributed by atoms with van der Waals surface area (Å²) in [6, 6.07) is 6.20. The van der Waals surface area contributed by atoms with E-state index in [1.54, 1.807) is 6.33 Å². The van der Waals surface area contributed by atoms with Gasteiger partial charge >= 0.3 is 0 Å². The average molecular weight is 263 g/mol. The molecule has 1 saturated heterocycles. The standard InChI is InChI=1S/C13H15ClN4/c1-9-10(14)4-2-6-12(9)18-8-16-17-13(18)11-5-3-7-15-11/h2,4,6,8,11,15H,3,5,7H2,1H3. The van der Waals surface area contributed by atoms with E-state index < -0.39 is 0 Å². The molecule has 1 atom stereocenters. The predicted octanol–water partition coefficient (Wildman–Crippen LogP) is 2.65. The Hall–Kier alpha value is -1.39. The molecule has 0 aliphatic carbocycles. The van der Waals surface area contributed by atoms with E-state index in [4.69, 9.17) is 11.6 Å². The second kappa shape index (κ2) is 4.71. The monoisotopic (exact) mass is 262 g/mol. The molecule has 1 N–H and O–H groups in total. The van der Waals surface area contributed by atoms with Crippen LogP contribution in [0.4, 0.5) is 0 Å². The van der Waals surface area contributed by atoms with E-state index in [1.807, 2.05) is 29.7 Å². The lowest BCUT2D eigenvalue weighted by Gasteiger charge is -2.14. The van der Waals surface area contributed by atoms with Gasteiger partial charge in [-0.25, -0.2) is 0 Å². The van der Waals surface area contributed by atoms with Crippen LogP contribution in [-0.2, 0) is 0 Å². The second-order valence-corrected chi connectivity index (χ2v) is 5.00. The number of hydrogen-bond donors (Lipinski definition) is 1. The highest BCUT2D eigenvalue weighted by atomic mass is 35.5. The van der Waals surface area contributed by atoms with Gasteiger partial charge in [0.15, 0.2) is 5.82 Å². The molecule has 2 heterocycles. The van der Waals surface area contributed by atoms with Gasteiger partial charge in [-0.2, -0.15) is 0 Å². The van der Waals surface area contributed by atoms with Crippen LogP contribution >= 0.6 is 11.6 Å². The summed E-state index contributed by atoms with van der Waals surface area (Å²) in [4.78, 5) is 0. The van der Waals surface area contributed by atoms with E-state index in [-0.39, 0.29) is 0 Å². The first-order valence-corrected chi connectivity index (χ1v) is 6.54. The zero-order valence-electron chi connectivity index (χ0n) is 10.2. The van der Waals surface area contributed by atoms with Crippen LogP contribution in [0.3, 0.4) is 0 Å². The molecule has 0 bridgehead atoms. The maximum absolute atomic E-state index is 6.17. The quantitative estimate of drug-likeness (QED) is 0.905. The number of halogens is 1. The van der Waals surface area contributed by atoms with Crippen LogP contribution in [0.1, 0.15) is 30.3 Å². The normalized spacial score (nSPS) is 19.3. The predicted molar refractivity (Wildman–Crippen MR) is 71.1 cm³/mol. The summed E-state index contributed by atoms with van der Waals surface area (Å²) in [5, 5.41) is 12.5. The van der Waals surface area contributed by atoms with E-state index in [1.165, 1.54) is 6.42 Å². The first-order chi connectivity index (χ1) is 8.77. The molecule has 4 nitrogen and oxygen atoms in total. The fourth-order valence-electron chi connectivity index (χ4n) is 2.43. The van der Waals surface area contributed by atoms with E-state index in [0.29, 0.717) is 6.04 Å². The van der Waals surface area contributed by atoms with Gasteiger partial charge in [0.1, 0.15) is 6.33 Å². The highest BCUT2D eigenvalue weighted by Gasteiger charge is 2.22. The minimum absolute atomic E-state index is 0.297. The second-order valence-electron chi connectivity index (χ2n) is 4.59. The van der Waals surface area contributed by atoms with Crippen molar-refractivity contribution in [3.05, 3.63) is 40.9 Å². The van der Waals surface area contributed by atoms with Gasteiger partial charge in [0.25, 0.3) is 0 Å². The number of benzene rings is 1. The number of nitrogens with zero attached hydrogens (tertiary/aromatic N) is 3. The summed E-state index contributed by atoms with van der Waals surface area (Å²) in [7, 11) is 0. The van der Waals surface area contributed by atoms with Gasteiger partial charge in [-0.15, -0.1) is 10.2 Å². The average Bonchev–Trinajstić information content (AvgIpc) is 3.01. The first-order valence-electron chi connectivity index (χ1n) is 6.16. The van der Waals surface area contributed by atoms with Crippen molar-refractivity contribution >= 4 is 11.6 Å². The summed E-state index contributed by atoms with van der Waals surface area (Å²) >= 11 is 6.17. The SMILES string of the molecule is Cc1c(Cl)cccc1-n1cnnc1C1CCCN1. The Balaban J connectivity index is 2.06. The molecule has 1 aromatic carbocycles. The lowest BCUT2D eigenvalue weighted by molar-refractivity contribution is 0.592. The molecule has 1 aliphatic rings. The zero-order valence-corrected chi connectivity index (χ0v) is 11.0. The van der Waals surface area contributed by atoms with E-state index in [2.05, 4.69) is 15.5 Å². The summed E-state index contributed by atoms with van der Waals surface area (Å²) in [6.45, 7) is 3.07. The van der Waals surface area contributed by atoms with Gasteiger partial charge in [-0.1, -0.05) is 17.7 Å². The Morgan fingerprint density at radius 3 is 3.11 bits per heavy atom. The van der Waals surface area contributed by atoms with Crippen molar-refractivity contribution in [2.45, 2.75) is 25.8 Å². The molecule has 1 aliphatic heterocycles. The molecule has 1 aromatic heterocycles. The lowest BCUT2D eigenvalue weighted by Crippen LogP contribution is -2.17. The van der Waals surface area contributed by atoms with Crippen LogP contribution < -0.4 is 5.32 Å². The third kappa shape index (κ3) is 1.91. The highest BCUT2D eigenvalue weighted by Crippen LogP contribution is 2.27. The maximum Gasteiger partial charge on any atom is 0.154 e. The van der Waals surface area contributed by atoms with Crippen LogP contribution in [0.25, 0.3) is 5.69 Å². The maximum atomic E-state index is 6.17. The fraction of sp³-hybridized carbons (Fsp3) is 0.385. The summed E-state index contributed by atoms with van der Waals surface area (Å²) < 4.78 is 2.03. The van der Waals surface area contributed by atoms with Crippen molar-refractivity contribution in [1.29, 1.82) is 0 Å². The van der Waals surface area contributed by atoms with Crippen molar-refractivity contribution < 1.29 is 0 Å². The van der Waals surface area contributed by atoms with Gasteiger partial charge in [0, 0.05) is 5.02 Å². The smallest absolute Gasteiger partial charge is 0.154 e. The summed E-state index contributed by atoms with van der Waals surface area (Å²) in [5.41, 5.74) is 2.11. The van der Waals surface area contributed by atoms with Gasteiger partial charge in [0.2, 0.25) is 0 Å². The van der Waals surface area contributed by atoms with Gasteiger partial charge in [0.05, 0.1) is 11.7 Å². The third-order valence-electron chi connectivity index (χ3n) is 3.44. The van der Waals surface area contributed by atoms with Gasteiger partial charge in [-0.3, -0.25) is 4.57 Å². The Morgan fingerprint density at radius 2 is 2.33 bits per heavy atom. The first kappa shape index (κ1) is 11.7. The molecule has 0 radical (unpaired) electrons. The zero-order chi connectivity index (χ0) is 12.5. The highest BCUT2D eigenvalue weighted by molar-refractivity contribution is 6.31. The Morgan fingerprint density at radius 1 is 1.44 bits per heavy atom. The largest absolute Gasteiger partial charge is 0.307 e. The van der Waals surface area contributed by atoms with Crippen molar-refractivity contribution in [3.63, 3.8) is 0 Å². The molecule has 5 heteroatoms. The molecule has 94 valence electrons. The molecular weight excluding hydrogens is 248 g/mol. The Labute approximate surface area is 111 Å². The lowest BCUT2D eigenvalue weighted by atomic mass is 10.1. The van der Waals surface area contributed by atoms with Crippen molar-refractivity contribution in [3.8, 4) is 5.69 Å². The van der Waals surface area contributed by atoms with Crippen LogP contribution in [0.5, 0.6) is 0 Å². The van der Waals surface area contributed by atoms with E-state index in [0.717, 1.165) is 35.1 Å². The molecular formula is C13H15ClN4. The number of nitrogens with one attached hydrogen (secondary N) is 1. The molecule has 1 unspecified atom stereocenters.